The summed E-state index contributed by atoms with van der Waals surface area (Å²) >= 11 is 3.42. The molecule has 1 atom stereocenters. The van der Waals surface area contributed by atoms with Crippen molar-refractivity contribution >= 4 is 21.8 Å². The Balaban J connectivity index is 2.22. The number of rotatable bonds is 5. The Morgan fingerprint density at radius 3 is 2.75 bits per heavy atom. The normalized spacial score (nSPS) is 12.6. The van der Waals surface area contributed by atoms with Crippen molar-refractivity contribution in [3.63, 3.8) is 0 Å². The molecule has 0 bridgehead atoms. The lowest BCUT2D eigenvalue weighted by molar-refractivity contribution is -0.123. The van der Waals surface area contributed by atoms with Gasteiger partial charge in [-0.3, -0.25) is 9.69 Å². The topological polar surface area (TPSA) is 51.3 Å². The minimum absolute atomic E-state index is 0.346. The van der Waals surface area contributed by atoms with Crippen LogP contribution in [0.25, 0.3) is 0 Å². The van der Waals surface area contributed by atoms with Gasteiger partial charge in [-0.25, -0.2) is 0 Å². The number of carbonyl (C=O) groups excluding carboxylic acids is 1. The molecule has 20 heavy (non-hydrogen) atoms. The zero-order valence-corrected chi connectivity index (χ0v) is 13.2. The third kappa shape index (κ3) is 3.49. The van der Waals surface area contributed by atoms with E-state index in [-0.39, 0.29) is 5.91 Å². The number of nitrogens with zero attached hydrogens (tertiary/aromatic N) is 2. The molecule has 2 N–H and O–H groups in total. The van der Waals surface area contributed by atoms with Crippen molar-refractivity contribution in [2.45, 2.75) is 12.6 Å². The third-order valence-electron chi connectivity index (χ3n) is 3.20. The van der Waals surface area contributed by atoms with E-state index in [9.17, 15) is 4.79 Å². The molecule has 0 saturated carbocycles. The summed E-state index contributed by atoms with van der Waals surface area (Å²) in [4.78, 5) is 13.8. The zero-order valence-electron chi connectivity index (χ0n) is 11.6. The van der Waals surface area contributed by atoms with Crippen LogP contribution in [0, 0.1) is 0 Å². The van der Waals surface area contributed by atoms with E-state index in [0.29, 0.717) is 6.54 Å². The Bertz CT molecular complexity index is 609. The van der Waals surface area contributed by atoms with Crippen molar-refractivity contribution in [2.75, 3.05) is 7.05 Å². The molecule has 0 radical (unpaired) electrons. The summed E-state index contributed by atoms with van der Waals surface area (Å²) in [5.41, 5.74) is 7.62. The predicted octanol–water partition coefficient (Wildman–Crippen LogP) is 2.45. The van der Waals surface area contributed by atoms with Crippen molar-refractivity contribution in [3.05, 3.63) is 58.3 Å². The van der Waals surface area contributed by atoms with Gasteiger partial charge in [0.15, 0.2) is 0 Å². The van der Waals surface area contributed by atoms with Crippen LogP contribution >= 0.6 is 15.9 Å². The Hall–Kier alpha value is -1.59. The number of likely N-dealkylation sites (N-methyl/N-ethyl adjacent to an activating group) is 1. The van der Waals surface area contributed by atoms with Crippen LogP contribution < -0.4 is 5.73 Å². The molecule has 0 aliphatic carbocycles. The molecular weight excluding hydrogens is 318 g/mol. The summed E-state index contributed by atoms with van der Waals surface area (Å²) in [6, 6.07) is 9.28. The monoisotopic (exact) mass is 335 g/mol. The van der Waals surface area contributed by atoms with Crippen LogP contribution in [0.2, 0.25) is 0 Å². The molecule has 0 aliphatic heterocycles. The van der Waals surface area contributed by atoms with Crippen LogP contribution in [0.5, 0.6) is 0 Å². The Labute approximate surface area is 127 Å². The van der Waals surface area contributed by atoms with Gasteiger partial charge in [0.05, 0.1) is 0 Å². The maximum atomic E-state index is 11.8. The quantitative estimate of drug-likeness (QED) is 0.912. The van der Waals surface area contributed by atoms with Gasteiger partial charge in [0, 0.05) is 30.5 Å². The van der Waals surface area contributed by atoms with Crippen molar-refractivity contribution in [1.29, 1.82) is 0 Å². The second kappa shape index (κ2) is 6.24. The summed E-state index contributed by atoms with van der Waals surface area (Å²) in [7, 11) is 3.88. The fourth-order valence-electron chi connectivity index (χ4n) is 2.35. The lowest BCUT2D eigenvalue weighted by Gasteiger charge is -2.25. The van der Waals surface area contributed by atoms with Crippen LogP contribution in [-0.2, 0) is 18.4 Å². The van der Waals surface area contributed by atoms with Gasteiger partial charge >= 0.3 is 0 Å². The average Bonchev–Trinajstić information content (AvgIpc) is 2.74. The van der Waals surface area contributed by atoms with Gasteiger partial charge in [-0.1, -0.05) is 28.1 Å². The predicted molar refractivity (Wildman–Crippen MR) is 83.0 cm³/mol. The van der Waals surface area contributed by atoms with Gasteiger partial charge < -0.3 is 10.3 Å². The molecule has 0 fully saturated rings. The molecule has 2 rings (SSSR count). The maximum Gasteiger partial charge on any atom is 0.239 e. The minimum atomic E-state index is -0.437. The van der Waals surface area contributed by atoms with Gasteiger partial charge in [0.25, 0.3) is 0 Å². The molecule has 5 heteroatoms. The SMILES string of the molecule is CN(Cc1ccn(C)c1)[C@H](C(N)=O)c1cccc(Br)c1. The van der Waals surface area contributed by atoms with E-state index in [1.807, 2.05) is 66.3 Å². The number of benzene rings is 1. The average molecular weight is 336 g/mol. The van der Waals surface area contributed by atoms with Crippen molar-refractivity contribution in [3.8, 4) is 0 Å². The highest BCUT2D eigenvalue weighted by molar-refractivity contribution is 9.10. The van der Waals surface area contributed by atoms with Gasteiger partial charge in [-0.2, -0.15) is 0 Å². The van der Waals surface area contributed by atoms with Crippen LogP contribution in [0.15, 0.2) is 47.2 Å². The number of aryl methyl sites for hydroxylation is 1. The molecular formula is C15H18BrN3O. The van der Waals surface area contributed by atoms with Crippen LogP contribution in [0.1, 0.15) is 17.2 Å². The molecule has 4 nitrogen and oxygen atoms in total. The van der Waals surface area contributed by atoms with Crippen LogP contribution in [0.3, 0.4) is 0 Å². The van der Waals surface area contributed by atoms with E-state index in [2.05, 4.69) is 15.9 Å². The summed E-state index contributed by atoms with van der Waals surface area (Å²) in [6.45, 7) is 0.668. The summed E-state index contributed by atoms with van der Waals surface area (Å²) < 4.78 is 2.93. The molecule has 1 heterocycles. The lowest BCUT2D eigenvalue weighted by atomic mass is 10.0. The van der Waals surface area contributed by atoms with Crippen molar-refractivity contribution in [1.82, 2.24) is 9.47 Å². The largest absolute Gasteiger partial charge is 0.368 e. The number of halogens is 1. The molecule has 1 amide bonds. The van der Waals surface area contributed by atoms with E-state index in [1.54, 1.807) is 0 Å². The second-order valence-electron chi connectivity index (χ2n) is 4.96. The summed E-state index contributed by atoms with van der Waals surface area (Å²) in [5.74, 6) is -0.346. The minimum Gasteiger partial charge on any atom is -0.368 e. The van der Waals surface area contributed by atoms with E-state index >= 15 is 0 Å². The lowest BCUT2D eigenvalue weighted by Crippen LogP contribution is -2.34. The number of nitrogens with two attached hydrogens (primary N) is 1. The van der Waals surface area contributed by atoms with Gasteiger partial charge in [-0.05, 0) is 36.4 Å². The van der Waals surface area contributed by atoms with Gasteiger partial charge in [0.1, 0.15) is 6.04 Å². The molecule has 1 aromatic heterocycles. The zero-order chi connectivity index (χ0) is 14.7. The number of primary amides is 1. The molecule has 0 aliphatic rings. The number of hydrogen-bond acceptors (Lipinski definition) is 2. The van der Waals surface area contributed by atoms with Crippen LogP contribution in [0.4, 0.5) is 0 Å². The Kier molecular flexibility index (Phi) is 4.62. The highest BCUT2D eigenvalue weighted by Gasteiger charge is 2.23. The molecule has 0 spiro atoms. The summed E-state index contributed by atoms with van der Waals surface area (Å²) in [5, 5.41) is 0. The first-order valence-electron chi connectivity index (χ1n) is 6.33. The van der Waals surface area contributed by atoms with E-state index in [1.165, 1.54) is 0 Å². The molecule has 0 unspecified atom stereocenters. The maximum absolute atomic E-state index is 11.8. The number of hydrogen-bond donors (Lipinski definition) is 1. The highest BCUT2D eigenvalue weighted by Crippen LogP contribution is 2.24. The first kappa shape index (κ1) is 14.8. The Morgan fingerprint density at radius 1 is 1.45 bits per heavy atom. The fraction of sp³-hybridized carbons (Fsp3) is 0.267. The number of amides is 1. The molecule has 1 aromatic carbocycles. The molecule has 2 aromatic rings. The molecule has 106 valence electrons. The first-order chi connectivity index (χ1) is 9.47. The van der Waals surface area contributed by atoms with Crippen molar-refractivity contribution in [2.24, 2.45) is 12.8 Å². The Morgan fingerprint density at radius 2 is 2.20 bits per heavy atom. The highest BCUT2D eigenvalue weighted by atomic mass is 79.9. The van der Waals surface area contributed by atoms with Crippen LogP contribution in [-0.4, -0.2) is 22.4 Å². The fourth-order valence-corrected chi connectivity index (χ4v) is 2.76. The van der Waals surface area contributed by atoms with Gasteiger partial charge in [0.2, 0.25) is 5.91 Å². The van der Waals surface area contributed by atoms with E-state index in [4.69, 9.17) is 5.73 Å². The standard InChI is InChI=1S/C15H18BrN3O/c1-18-7-6-11(9-18)10-19(2)14(15(17)20)12-4-3-5-13(16)8-12/h3-9,14H,10H2,1-2H3,(H2,17,20)/t14-/m0/s1. The van der Waals surface area contributed by atoms with E-state index in [0.717, 1.165) is 15.6 Å². The van der Waals surface area contributed by atoms with Gasteiger partial charge in [-0.15, -0.1) is 0 Å². The smallest absolute Gasteiger partial charge is 0.239 e. The number of aromatic nitrogens is 1. The number of carbonyl (C=O) groups is 1. The van der Waals surface area contributed by atoms with E-state index < -0.39 is 6.04 Å². The molecule has 0 saturated heterocycles. The van der Waals surface area contributed by atoms with Crippen molar-refractivity contribution < 1.29 is 4.79 Å². The first-order valence-corrected chi connectivity index (χ1v) is 7.12. The second-order valence-corrected chi connectivity index (χ2v) is 5.88. The third-order valence-corrected chi connectivity index (χ3v) is 3.69. The summed E-state index contributed by atoms with van der Waals surface area (Å²) in [6.07, 6.45) is 4.02.